The third kappa shape index (κ3) is 2.68. The quantitative estimate of drug-likeness (QED) is 0.713. The molecule has 0 unspecified atom stereocenters. The highest BCUT2D eigenvalue weighted by Gasteiger charge is 2.31. The van der Waals surface area contributed by atoms with Crippen molar-refractivity contribution in [2.45, 2.75) is 57.7 Å². The van der Waals surface area contributed by atoms with Crippen molar-refractivity contribution in [3.63, 3.8) is 0 Å². The minimum Gasteiger partial charge on any atom is -0.312 e. The molecule has 2 nitrogen and oxygen atoms in total. The van der Waals surface area contributed by atoms with Crippen molar-refractivity contribution in [2.24, 2.45) is 0 Å². The van der Waals surface area contributed by atoms with Gasteiger partial charge in [-0.25, -0.2) is 0 Å². The van der Waals surface area contributed by atoms with Crippen LogP contribution in [0, 0.1) is 0 Å². The maximum atomic E-state index is 3.63. The molecule has 0 amide bonds. The van der Waals surface area contributed by atoms with Crippen LogP contribution in [0.25, 0.3) is 0 Å². The van der Waals surface area contributed by atoms with Crippen LogP contribution in [0.1, 0.15) is 39.5 Å². The molecule has 2 rings (SSSR count). The van der Waals surface area contributed by atoms with Gasteiger partial charge in [-0.1, -0.05) is 13.8 Å². The molecular formula is C11H22N2. The van der Waals surface area contributed by atoms with Gasteiger partial charge in [-0.15, -0.1) is 0 Å². The van der Waals surface area contributed by atoms with Crippen LogP contribution in [0.5, 0.6) is 0 Å². The van der Waals surface area contributed by atoms with Gasteiger partial charge in [-0.3, -0.25) is 0 Å². The SMILES string of the molecule is CC(C)NC1CCN(C2CC2)CC1. The molecule has 0 aromatic rings. The van der Waals surface area contributed by atoms with Gasteiger partial charge in [-0.05, 0) is 38.8 Å². The van der Waals surface area contributed by atoms with E-state index in [1.54, 1.807) is 0 Å². The van der Waals surface area contributed by atoms with E-state index in [1.165, 1.54) is 38.8 Å². The molecule has 0 spiro atoms. The highest BCUT2D eigenvalue weighted by molar-refractivity contribution is 4.88. The average Bonchev–Trinajstić information content (AvgIpc) is 2.87. The van der Waals surface area contributed by atoms with Gasteiger partial charge in [0.25, 0.3) is 0 Å². The zero-order valence-corrected chi connectivity index (χ0v) is 8.92. The molecule has 0 aromatic heterocycles. The van der Waals surface area contributed by atoms with Crippen molar-refractivity contribution in [1.29, 1.82) is 0 Å². The highest BCUT2D eigenvalue weighted by Crippen LogP contribution is 2.29. The van der Waals surface area contributed by atoms with E-state index in [0.29, 0.717) is 6.04 Å². The lowest BCUT2D eigenvalue weighted by molar-refractivity contribution is 0.185. The van der Waals surface area contributed by atoms with Crippen LogP contribution in [-0.4, -0.2) is 36.1 Å². The first-order valence-corrected chi connectivity index (χ1v) is 5.76. The van der Waals surface area contributed by atoms with E-state index in [2.05, 4.69) is 24.1 Å². The summed E-state index contributed by atoms with van der Waals surface area (Å²) in [7, 11) is 0. The van der Waals surface area contributed by atoms with Gasteiger partial charge >= 0.3 is 0 Å². The summed E-state index contributed by atoms with van der Waals surface area (Å²) >= 11 is 0. The van der Waals surface area contributed by atoms with Gasteiger partial charge < -0.3 is 10.2 Å². The van der Waals surface area contributed by atoms with Gasteiger partial charge in [0.2, 0.25) is 0 Å². The van der Waals surface area contributed by atoms with Crippen molar-refractivity contribution in [2.75, 3.05) is 13.1 Å². The van der Waals surface area contributed by atoms with Crippen LogP contribution in [0.2, 0.25) is 0 Å². The van der Waals surface area contributed by atoms with Crippen molar-refractivity contribution in [1.82, 2.24) is 10.2 Å². The van der Waals surface area contributed by atoms with Crippen molar-refractivity contribution in [3.8, 4) is 0 Å². The topological polar surface area (TPSA) is 15.3 Å². The predicted molar refractivity (Wildman–Crippen MR) is 55.9 cm³/mol. The third-order valence-electron chi connectivity index (χ3n) is 3.16. The van der Waals surface area contributed by atoms with E-state index in [9.17, 15) is 0 Å². The molecule has 0 bridgehead atoms. The fraction of sp³-hybridized carbons (Fsp3) is 1.00. The van der Waals surface area contributed by atoms with Gasteiger partial charge in [0, 0.05) is 18.1 Å². The summed E-state index contributed by atoms with van der Waals surface area (Å²) in [6, 6.07) is 2.41. The highest BCUT2D eigenvalue weighted by atomic mass is 15.2. The summed E-state index contributed by atoms with van der Waals surface area (Å²) < 4.78 is 0. The Morgan fingerprint density at radius 3 is 2.15 bits per heavy atom. The summed E-state index contributed by atoms with van der Waals surface area (Å²) in [6.45, 7) is 7.14. The molecular weight excluding hydrogens is 160 g/mol. The molecule has 0 radical (unpaired) electrons. The van der Waals surface area contributed by atoms with Crippen LogP contribution in [-0.2, 0) is 0 Å². The minimum absolute atomic E-state index is 0.650. The first-order valence-electron chi connectivity index (χ1n) is 5.76. The van der Waals surface area contributed by atoms with Crippen LogP contribution in [0.3, 0.4) is 0 Å². The number of piperidine rings is 1. The second-order valence-corrected chi connectivity index (χ2v) is 4.86. The summed E-state index contributed by atoms with van der Waals surface area (Å²) in [5.74, 6) is 0. The summed E-state index contributed by atoms with van der Waals surface area (Å²) in [5.41, 5.74) is 0. The number of hydrogen-bond acceptors (Lipinski definition) is 2. The van der Waals surface area contributed by atoms with Crippen LogP contribution in [0.4, 0.5) is 0 Å². The fourth-order valence-corrected chi connectivity index (χ4v) is 2.34. The number of rotatable bonds is 3. The van der Waals surface area contributed by atoms with Crippen molar-refractivity contribution in [3.05, 3.63) is 0 Å². The normalized spacial score (nSPS) is 27.0. The lowest BCUT2D eigenvalue weighted by Gasteiger charge is -2.33. The van der Waals surface area contributed by atoms with E-state index >= 15 is 0 Å². The molecule has 0 atom stereocenters. The second kappa shape index (κ2) is 3.97. The molecule has 2 fully saturated rings. The maximum Gasteiger partial charge on any atom is 0.00964 e. The number of hydrogen-bond donors (Lipinski definition) is 1. The van der Waals surface area contributed by atoms with Gasteiger partial charge in [0.1, 0.15) is 0 Å². The molecule has 2 aliphatic rings. The third-order valence-corrected chi connectivity index (χ3v) is 3.16. The van der Waals surface area contributed by atoms with Crippen molar-refractivity contribution >= 4 is 0 Å². The molecule has 1 N–H and O–H groups in total. The lowest BCUT2D eigenvalue weighted by atomic mass is 10.0. The Kier molecular flexibility index (Phi) is 2.89. The number of nitrogens with one attached hydrogen (secondary N) is 1. The molecule has 76 valence electrons. The molecule has 1 saturated carbocycles. The first-order chi connectivity index (χ1) is 6.25. The monoisotopic (exact) mass is 182 g/mol. The van der Waals surface area contributed by atoms with Crippen LogP contribution >= 0.6 is 0 Å². The maximum absolute atomic E-state index is 3.63. The molecule has 1 heterocycles. The summed E-state index contributed by atoms with van der Waals surface area (Å²) in [5, 5.41) is 3.63. The van der Waals surface area contributed by atoms with Crippen LogP contribution in [0.15, 0.2) is 0 Å². The molecule has 13 heavy (non-hydrogen) atoms. The lowest BCUT2D eigenvalue weighted by Crippen LogP contribution is -2.45. The summed E-state index contributed by atoms with van der Waals surface area (Å²) in [4.78, 5) is 2.68. The number of likely N-dealkylation sites (tertiary alicyclic amines) is 1. The Balaban J connectivity index is 1.69. The van der Waals surface area contributed by atoms with E-state index in [1.807, 2.05) is 0 Å². The minimum atomic E-state index is 0.650. The van der Waals surface area contributed by atoms with E-state index < -0.39 is 0 Å². The second-order valence-electron chi connectivity index (χ2n) is 4.86. The van der Waals surface area contributed by atoms with Gasteiger partial charge in [0.15, 0.2) is 0 Å². The number of nitrogens with zero attached hydrogens (tertiary/aromatic N) is 1. The average molecular weight is 182 g/mol. The standard InChI is InChI=1S/C11H22N2/c1-9(2)12-10-5-7-13(8-6-10)11-3-4-11/h9-12H,3-8H2,1-2H3. The summed E-state index contributed by atoms with van der Waals surface area (Å²) in [6.07, 6.45) is 5.63. The fourth-order valence-electron chi connectivity index (χ4n) is 2.34. The Bertz CT molecular complexity index is 155. The van der Waals surface area contributed by atoms with E-state index in [0.717, 1.165) is 12.1 Å². The van der Waals surface area contributed by atoms with Gasteiger partial charge in [0.05, 0.1) is 0 Å². The Morgan fingerprint density at radius 1 is 1.08 bits per heavy atom. The first kappa shape index (κ1) is 9.47. The van der Waals surface area contributed by atoms with Gasteiger partial charge in [-0.2, -0.15) is 0 Å². The largest absolute Gasteiger partial charge is 0.312 e. The van der Waals surface area contributed by atoms with Crippen molar-refractivity contribution < 1.29 is 0 Å². The zero-order chi connectivity index (χ0) is 9.26. The molecule has 1 aliphatic carbocycles. The smallest absolute Gasteiger partial charge is 0.00964 e. The molecule has 2 heteroatoms. The van der Waals surface area contributed by atoms with Crippen LogP contribution < -0.4 is 5.32 Å². The zero-order valence-electron chi connectivity index (χ0n) is 8.92. The molecule has 0 aromatic carbocycles. The Labute approximate surface area is 81.7 Å². The Hall–Kier alpha value is -0.0800. The Morgan fingerprint density at radius 2 is 1.69 bits per heavy atom. The van der Waals surface area contributed by atoms with E-state index in [4.69, 9.17) is 0 Å². The van der Waals surface area contributed by atoms with E-state index in [-0.39, 0.29) is 0 Å². The molecule has 1 saturated heterocycles. The predicted octanol–water partition coefficient (Wildman–Crippen LogP) is 1.61. The molecule has 1 aliphatic heterocycles.